The van der Waals surface area contributed by atoms with Crippen molar-refractivity contribution in [2.24, 2.45) is 0 Å². The van der Waals surface area contributed by atoms with Crippen molar-refractivity contribution in [1.82, 2.24) is 15.6 Å². The molecule has 0 aliphatic heterocycles. The summed E-state index contributed by atoms with van der Waals surface area (Å²) >= 11 is 0. The van der Waals surface area contributed by atoms with Crippen LogP contribution in [0, 0.1) is 0 Å². The van der Waals surface area contributed by atoms with Crippen molar-refractivity contribution in [1.29, 1.82) is 0 Å². The maximum Gasteiger partial charge on any atom is 0.323 e. The average Bonchev–Trinajstić information content (AvgIpc) is 3.22. The smallest absolute Gasteiger partial charge is 0.323 e. The number of nitrogens with one attached hydrogen (secondary N) is 2. The molecule has 0 radical (unpaired) electrons. The number of carbonyl (C=O) groups excluding carboxylic acids is 1. The second-order valence-electron chi connectivity index (χ2n) is 7.56. The van der Waals surface area contributed by atoms with Crippen LogP contribution in [0.4, 0.5) is 0 Å². The van der Waals surface area contributed by atoms with Gasteiger partial charge in [0.2, 0.25) is 5.89 Å². The van der Waals surface area contributed by atoms with Crippen molar-refractivity contribution in [3.63, 3.8) is 0 Å². The second kappa shape index (κ2) is 12.8. The Hall–Kier alpha value is -2.90. The quantitative estimate of drug-likeness (QED) is 0.291. The third kappa shape index (κ3) is 7.35. The first-order chi connectivity index (χ1) is 15.7. The van der Waals surface area contributed by atoms with E-state index in [-0.39, 0.29) is 12.0 Å². The highest BCUT2D eigenvalue weighted by molar-refractivity contribution is 5.76. The highest BCUT2D eigenvalue weighted by Crippen LogP contribution is 2.15. The lowest BCUT2D eigenvalue weighted by Crippen LogP contribution is -2.40. The van der Waals surface area contributed by atoms with Gasteiger partial charge in [0.05, 0.1) is 13.2 Å². The Kier molecular flexibility index (Phi) is 9.53. The van der Waals surface area contributed by atoms with Crippen LogP contribution < -0.4 is 15.4 Å². The first kappa shape index (κ1) is 23.8. The fourth-order valence-corrected chi connectivity index (χ4v) is 3.32. The molecule has 0 saturated heterocycles. The fourth-order valence-electron chi connectivity index (χ4n) is 3.32. The lowest BCUT2D eigenvalue weighted by molar-refractivity contribution is -0.145. The van der Waals surface area contributed by atoms with E-state index < -0.39 is 0 Å². The van der Waals surface area contributed by atoms with E-state index >= 15 is 0 Å². The van der Waals surface area contributed by atoms with Crippen molar-refractivity contribution in [2.75, 3.05) is 26.3 Å². The average molecular weight is 440 g/mol. The van der Waals surface area contributed by atoms with Crippen LogP contribution in [0.5, 0.6) is 5.75 Å². The van der Waals surface area contributed by atoms with Gasteiger partial charge >= 0.3 is 5.97 Å². The number of rotatable bonds is 14. The summed E-state index contributed by atoms with van der Waals surface area (Å²) in [6.45, 7) is 6.91. The highest BCUT2D eigenvalue weighted by atomic mass is 16.5. The normalized spacial score (nSPS) is 12.1. The SMILES string of the molecule is CCCCNC(Cc1ccc(OCCNCc2nc3ccccc3o2)cc1)C(=O)OCC. The predicted octanol–water partition coefficient (Wildman–Crippen LogP) is 3.86. The molecule has 0 amide bonds. The summed E-state index contributed by atoms with van der Waals surface area (Å²) in [6.07, 6.45) is 2.70. The molecular formula is C25H33N3O4. The van der Waals surface area contributed by atoms with Crippen molar-refractivity contribution < 1.29 is 18.7 Å². The van der Waals surface area contributed by atoms with Crippen LogP contribution in [0.1, 0.15) is 38.1 Å². The standard InChI is InChI=1S/C25H33N3O4/c1-3-5-14-27-22(25(29)30-4-2)17-19-10-12-20(13-11-19)31-16-15-26-18-24-28-21-8-6-7-9-23(21)32-24/h6-13,22,26-27H,3-5,14-18H2,1-2H3. The van der Waals surface area contributed by atoms with Crippen LogP contribution >= 0.6 is 0 Å². The van der Waals surface area contributed by atoms with Gasteiger partial charge in [-0.2, -0.15) is 0 Å². The Bertz CT molecular complexity index is 922. The van der Waals surface area contributed by atoms with Gasteiger partial charge in [0, 0.05) is 6.54 Å². The summed E-state index contributed by atoms with van der Waals surface area (Å²) < 4.78 is 16.7. The molecule has 1 heterocycles. The fraction of sp³-hybridized carbons (Fsp3) is 0.440. The molecular weight excluding hydrogens is 406 g/mol. The minimum atomic E-state index is -0.329. The van der Waals surface area contributed by atoms with Crippen molar-refractivity contribution in [3.05, 3.63) is 60.0 Å². The maximum absolute atomic E-state index is 12.2. The number of unbranched alkanes of at least 4 members (excludes halogenated alkanes) is 1. The number of hydrogen-bond donors (Lipinski definition) is 2. The van der Waals surface area contributed by atoms with Crippen LogP contribution in [0.15, 0.2) is 52.9 Å². The lowest BCUT2D eigenvalue weighted by Gasteiger charge is -2.17. The number of para-hydroxylation sites is 2. The third-order valence-electron chi connectivity index (χ3n) is 5.02. The van der Waals surface area contributed by atoms with Crippen LogP contribution in [0.3, 0.4) is 0 Å². The summed E-state index contributed by atoms with van der Waals surface area (Å²) in [7, 11) is 0. The molecule has 0 bridgehead atoms. The van der Waals surface area contributed by atoms with Gasteiger partial charge in [-0.25, -0.2) is 4.98 Å². The third-order valence-corrected chi connectivity index (χ3v) is 5.02. The van der Waals surface area contributed by atoms with Crippen LogP contribution in [-0.4, -0.2) is 43.3 Å². The zero-order chi connectivity index (χ0) is 22.6. The van der Waals surface area contributed by atoms with Crippen LogP contribution in [0.25, 0.3) is 11.1 Å². The molecule has 3 aromatic rings. The molecule has 7 nitrogen and oxygen atoms in total. The van der Waals surface area contributed by atoms with Gasteiger partial charge in [0.15, 0.2) is 5.58 Å². The number of aromatic nitrogens is 1. The summed E-state index contributed by atoms with van der Waals surface area (Å²) in [5.41, 5.74) is 2.73. The number of carbonyl (C=O) groups is 1. The monoisotopic (exact) mass is 439 g/mol. The molecule has 0 aliphatic rings. The molecule has 0 spiro atoms. The van der Waals surface area contributed by atoms with Crippen LogP contribution in [0.2, 0.25) is 0 Å². The molecule has 7 heteroatoms. The van der Waals surface area contributed by atoms with E-state index in [2.05, 4.69) is 22.5 Å². The number of esters is 1. The number of benzene rings is 2. The first-order valence-corrected chi connectivity index (χ1v) is 11.4. The summed E-state index contributed by atoms with van der Waals surface area (Å²) in [5, 5.41) is 6.59. The van der Waals surface area contributed by atoms with E-state index in [9.17, 15) is 4.79 Å². The molecule has 1 atom stereocenters. The number of hydrogen-bond acceptors (Lipinski definition) is 7. The van der Waals surface area contributed by atoms with Gasteiger partial charge in [0.25, 0.3) is 0 Å². The first-order valence-electron chi connectivity index (χ1n) is 11.4. The van der Waals surface area contributed by atoms with Crippen molar-refractivity contribution >= 4 is 17.1 Å². The van der Waals surface area contributed by atoms with Gasteiger partial charge in [-0.3, -0.25) is 4.79 Å². The molecule has 0 fully saturated rings. The minimum Gasteiger partial charge on any atom is -0.492 e. The molecule has 1 aromatic heterocycles. The van der Waals surface area contributed by atoms with E-state index in [1.54, 1.807) is 0 Å². The van der Waals surface area contributed by atoms with Gasteiger partial charge in [-0.1, -0.05) is 37.6 Å². The zero-order valence-corrected chi connectivity index (χ0v) is 18.9. The largest absolute Gasteiger partial charge is 0.492 e. The Morgan fingerprint density at radius 3 is 2.66 bits per heavy atom. The molecule has 2 aromatic carbocycles. The Morgan fingerprint density at radius 1 is 1.09 bits per heavy atom. The van der Waals surface area contributed by atoms with E-state index in [1.165, 1.54) is 0 Å². The van der Waals surface area contributed by atoms with E-state index in [0.717, 1.165) is 41.8 Å². The van der Waals surface area contributed by atoms with Gasteiger partial charge in [-0.15, -0.1) is 0 Å². The zero-order valence-electron chi connectivity index (χ0n) is 18.9. The van der Waals surface area contributed by atoms with Gasteiger partial charge in [0.1, 0.15) is 23.9 Å². The van der Waals surface area contributed by atoms with E-state index in [4.69, 9.17) is 13.9 Å². The molecule has 32 heavy (non-hydrogen) atoms. The molecule has 3 rings (SSSR count). The Morgan fingerprint density at radius 2 is 1.91 bits per heavy atom. The van der Waals surface area contributed by atoms with Gasteiger partial charge in [-0.05, 0) is 56.1 Å². The highest BCUT2D eigenvalue weighted by Gasteiger charge is 2.19. The summed E-state index contributed by atoms with van der Waals surface area (Å²) in [6, 6.07) is 15.3. The molecule has 2 N–H and O–H groups in total. The topological polar surface area (TPSA) is 85.6 Å². The second-order valence-corrected chi connectivity index (χ2v) is 7.56. The van der Waals surface area contributed by atoms with Crippen LogP contribution in [-0.2, 0) is 22.5 Å². The minimum absolute atomic E-state index is 0.200. The Labute approximate surface area is 189 Å². The van der Waals surface area contributed by atoms with E-state index in [1.807, 2.05) is 55.5 Å². The molecule has 1 unspecified atom stereocenters. The van der Waals surface area contributed by atoms with Crippen molar-refractivity contribution in [2.45, 2.75) is 45.7 Å². The Balaban J connectivity index is 1.40. The molecule has 172 valence electrons. The number of fused-ring (bicyclic) bond motifs is 1. The summed E-state index contributed by atoms with van der Waals surface area (Å²) in [4.78, 5) is 16.7. The molecule has 0 saturated carbocycles. The van der Waals surface area contributed by atoms with E-state index in [0.29, 0.717) is 38.6 Å². The molecule has 0 aliphatic carbocycles. The number of ether oxygens (including phenoxy) is 2. The maximum atomic E-state index is 12.2. The summed E-state index contributed by atoms with van der Waals surface area (Å²) in [5.74, 6) is 1.26. The lowest BCUT2D eigenvalue weighted by atomic mass is 10.1. The van der Waals surface area contributed by atoms with Gasteiger partial charge < -0.3 is 24.5 Å². The number of nitrogens with zero attached hydrogens (tertiary/aromatic N) is 1. The van der Waals surface area contributed by atoms with Crippen molar-refractivity contribution in [3.8, 4) is 5.75 Å². The number of oxazole rings is 1. The predicted molar refractivity (Wildman–Crippen MR) is 125 cm³/mol.